The fourth-order valence-corrected chi connectivity index (χ4v) is 8.29. The average Bonchev–Trinajstić information content (AvgIpc) is 3.73. The number of thiophene rings is 2. The lowest BCUT2D eigenvalue weighted by Crippen LogP contribution is -2.07. The van der Waals surface area contributed by atoms with Crippen molar-refractivity contribution in [1.29, 1.82) is 0 Å². The molecular formula is C36H36N2S2. The smallest absolute Gasteiger partial charge is 0.0496 e. The number of fused-ring (bicyclic) bond motifs is 6. The molecule has 0 N–H and O–H groups in total. The van der Waals surface area contributed by atoms with Crippen LogP contribution in [0, 0.1) is 0 Å². The van der Waals surface area contributed by atoms with E-state index in [2.05, 4.69) is 131 Å². The molecule has 0 aliphatic carbocycles. The highest BCUT2D eigenvalue weighted by atomic mass is 32.1. The van der Waals surface area contributed by atoms with Crippen LogP contribution in [0.4, 0.5) is 0 Å². The molecule has 3 aromatic carbocycles. The summed E-state index contributed by atoms with van der Waals surface area (Å²) >= 11 is 3.85. The lowest BCUT2D eigenvalue weighted by atomic mass is 9.95. The molecule has 0 fully saturated rings. The Labute approximate surface area is 244 Å². The van der Waals surface area contributed by atoms with E-state index >= 15 is 0 Å². The van der Waals surface area contributed by atoms with Gasteiger partial charge in [-0.05, 0) is 89.5 Å². The van der Waals surface area contributed by atoms with Crippen LogP contribution in [0.3, 0.4) is 0 Å². The van der Waals surface area contributed by atoms with Crippen LogP contribution in [-0.2, 0) is 19.5 Å². The normalized spacial score (nSPS) is 13.4. The quantitative estimate of drug-likeness (QED) is 0.203. The van der Waals surface area contributed by atoms with Crippen molar-refractivity contribution in [2.45, 2.75) is 52.4 Å². The Morgan fingerprint density at radius 2 is 1.12 bits per heavy atom. The molecule has 2 nitrogen and oxygen atoms in total. The van der Waals surface area contributed by atoms with Crippen molar-refractivity contribution in [3.05, 3.63) is 82.6 Å². The van der Waals surface area contributed by atoms with Crippen molar-refractivity contribution >= 4 is 66.3 Å². The lowest BCUT2D eigenvalue weighted by molar-refractivity contribution is 0.604. The Hall–Kier alpha value is -3.34. The van der Waals surface area contributed by atoms with Gasteiger partial charge in [0, 0.05) is 77.2 Å². The van der Waals surface area contributed by atoms with Gasteiger partial charge in [0.15, 0.2) is 0 Å². The van der Waals surface area contributed by atoms with Gasteiger partial charge in [0.2, 0.25) is 0 Å². The highest BCUT2D eigenvalue weighted by Crippen LogP contribution is 2.41. The highest BCUT2D eigenvalue weighted by Gasteiger charge is 2.19. The number of benzene rings is 3. The van der Waals surface area contributed by atoms with Crippen LogP contribution in [0.25, 0.3) is 64.5 Å². The fraction of sp³-hybridized carbons (Fsp3) is 0.278. The minimum Gasteiger partial charge on any atom is -0.344 e. The van der Waals surface area contributed by atoms with Crippen molar-refractivity contribution in [3.8, 4) is 20.9 Å². The van der Waals surface area contributed by atoms with E-state index in [4.69, 9.17) is 0 Å². The zero-order valence-corrected chi connectivity index (χ0v) is 26.1. The maximum Gasteiger partial charge on any atom is 0.0496 e. The van der Waals surface area contributed by atoms with Gasteiger partial charge in [0.05, 0.1) is 0 Å². The van der Waals surface area contributed by atoms with Crippen LogP contribution in [0.15, 0.2) is 72.8 Å². The number of aromatic nitrogens is 2. The van der Waals surface area contributed by atoms with Crippen molar-refractivity contribution < 1.29 is 0 Å². The molecule has 0 bridgehead atoms. The van der Waals surface area contributed by atoms with Crippen molar-refractivity contribution in [1.82, 2.24) is 9.13 Å². The Balaban J connectivity index is 1.40. The van der Waals surface area contributed by atoms with Gasteiger partial charge in [0.1, 0.15) is 0 Å². The molecular weight excluding hydrogens is 525 g/mol. The zero-order valence-electron chi connectivity index (χ0n) is 24.4. The van der Waals surface area contributed by atoms with Gasteiger partial charge in [-0.1, -0.05) is 46.8 Å². The first kappa shape index (κ1) is 25.6. The summed E-state index contributed by atoms with van der Waals surface area (Å²) in [6, 6.07) is 28.0. The minimum atomic E-state index is 0.173. The predicted molar refractivity (Wildman–Crippen MR) is 178 cm³/mol. The molecule has 0 aliphatic heterocycles. The van der Waals surface area contributed by atoms with E-state index in [-0.39, 0.29) is 5.41 Å². The Morgan fingerprint density at radius 3 is 1.62 bits per heavy atom. The monoisotopic (exact) mass is 560 g/mol. The number of hydrogen-bond donors (Lipinski definition) is 0. The number of aryl methyl sites for hydroxylation is 2. The first-order valence-electron chi connectivity index (χ1n) is 14.3. The van der Waals surface area contributed by atoms with Crippen LogP contribution in [0.2, 0.25) is 0 Å². The predicted octanol–water partition coefficient (Wildman–Crippen LogP) is 11.2. The summed E-state index contributed by atoms with van der Waals surface area (Å²) < 4.78 is 4.73. The highest BCUT2D eigenvalue weighted by molar-refractivity contribution is 7.16. The van der Waals surface area contributed by atoms with Gasteiger partial charge in [-0.3, -0.25) is 0 Å². The standard InChI is InChI=1S/C36H36N2S2/c1-8-21(2)32-13-14-33(39-32)22-9-11-28-24(17-22)26-19-31-27(20-30(26)37(28)6)25-18-23(10-12-29(25)38(31)7)34-15-16-35(40-34)36(3,4)5/h9-21H,8H2,1-7H3. The Bertz CT molecular complexity index is 2070. The maximum atomic E-state index is 2.41. The number of rotatable bonds is 4. The van der Waals surface area contributed by atoms with Gasteiger partial charge in [-0.2, -0.15) is 0 Å². The van der Waals surface area contributed by atoms with Crippen LogP contribution < -0.4 is 0 Å². The lowest BCUT2D eigenvalue weighted by Gasteiger charge is -2.15. The van der Waals surface area contributed by atoms with Crippen molar-refractivity contribution in [3.63, 3.8) is 0 Å². The largest absolute Gasteiger partial charge is 0.344 e. The summed E-state index contributed by atoms with van der Waals surface area (Å²) in [5.41, 5.74) is 7.92. The third kappa shape index (κ3) is 3.88. The third-order valence-electron chi connectivity index (χ3n) is 8.77. The molecule has 0 spiro atoms. The molecule has 4 aromatic heterocycles. The fourth-order valence-electron chi connectivity index (χ4n) is 6.09. The van der Waals surface area contributed by atoms with Crippen LogP contribution in [-0.4, -0.2) is 9.13 Å². The Morgan fingerprint density at radius 1 is 0.625 bits per heavy atom. The SMILES string of the molecule is CCC(C)c1ccc(-c2ccc3c(c2)c2cc4c(cc2n3C)c2cc(-c3ccc(C(C)(C)C)s3)ccc2n4C)s1. The number of nitrogens with zero attached hydrogens (tertiary/aromatic N) is 2. The topological polar surface area (TPSA) is 9.86 Å². The molecule has 4 heterocycles. The van der Waals surface area contributed by atoms with Gasteiger partial charge in [-0.15, -0.1) is 22.7 Å². The summed E-state index contributed by atoms with van der Waals surface area (Å²) in [6.45, 7) is 11.5. The van der Waals surface area contributed by atoms with Gasteiger partial charge < -0.3 is 9.13 Å². The average molecular weight is 561 g/mol. The van der Waals surface area contributed by atoms with Crippen LogP contribution in [0.1, 0.15) is 56.7 Å². The van der Waals surface area contributed by atoms with Gasteiger partial charge >= 0.3 is 0 Å². The van der Waals surface area contributed by atoms with E-state index in [0.29, 0.717) is 5.92 Å². The van der Waals surface area contributed by atoms with Gasteiger partial charge in [-0.25, -0.2) is 0 Å². The molecule has 0 amide bonds. The molecule has 0 saturated carbocycles. The first-order chi connectivity index (χ1) is 19.1. The minimum absolute atomic E-state index is 0.173. The van der Waals surface area contributed by atoms with E-state index in [1.54, 1.807) is 0 Å². The zero-order chi connectivity index (χ0) is 27.9. The summed E-state index contributed by atoms with van der Waals surface area (Å²) in [4.78, 5) is 5.60. The summed E-state index contributed by atoms with van der Waals surface area (Å²) in [5, 5.41) is 5.30. The van der Waals surface area contributed by atoms with Gasteiger partial charge in [0.25, 0.3) is 0 Å². The molecule has 202 valence electrons. The second kappa shape index (κ2) is 9.09. The van der Waals surface area contributed by atoms with E-state index in [1.165, 1.54) is 80.7 Å². The molecule has 0 saturated heterocycles. The van der Waals surface area contributed by atoms with Crippen LogP contribution >= 0.6 is 22.7 Å². The molecule has 4 heteroatoms. The summed E-state index contributed by atoms with van der Waals surface area (Å²) in [5.74, 6) is 0.612. The van der Waals surface area contributed by atoms with E-state index in [9.17, 15) is 0 Å². The van der Waals surface area contributed by atoms with Crippen molar-refractivity contribution in [2.75, 3.05) is 0 Å². The molecule has 0 aliphatic rings. The second-order valence-corrected chi connectivity index (χ2v) is 14.6. The second-order valence-electron chi connectivity index (χ2n) is 12.4. The summed E-state index contributed by atoms with van der Waals surface area (Å²) in [7, 11) is 4.41. The van der Waals surface area contributed by atoms with E-state index in [0.717, 1.165) is 0 Å². The van der Waals surface area contributed by atoms with Crippen molar-refractivity contribution in [2.24, 2.45) is 14.1 Å². The molecule has 7 aromatic rings. The molecule has 1 atom stereocenters. The molecule has 40 heavy (non-hydrogen) atoms. The third-order valence-corrected chi connectivity index (χ3v) is 11.7. The molecule has 0 radical (unpaired) electrons. The first-order valence-corrected chi connectivity index (χ1v) is 15.9. The molecule has 1 unspecified atom stereocenters. The number of hydrogen-bond acceptors (Lipinski definition) is 2. The van der Waals surface area contributed by atoms with Crippen LogP contribution in [0.5, 0.6) is 0 Å². The summed E-state index contributed by atoms with van der Waals surface area (Å²) in [6.07, 6.45) is 1.18. The molecule has 7 rings (SSSR count). The van der Waals surface area contributed by atoms with E-state index in [1.807, 2.05) is 22.7 Å². The maximum absolute atomic E-state index is 2.41. The van der Waals surface area contributed by atoms with E-state index < -0.39 is 0 Å². The Kier molecular flexibility index (Phi) is 5.82.